The van der Waals surface area contributed by atoms with Crippen LogP contribution >= 0.6 is 0 Å². The Balaban J connectivity index is 1.99. The Morgan fingerprint density at radius 3 is 2.62 bits per heavy atom. The topological polar surface area (TPSA) is 75.7 Å². The second-order valence-corrected chi connectivity index (χ2v) is 4.96. The van der Waals surface area contributed by atoms with E-state index in [1.54, 1.807) is 19.1 Å². The number of amides is 3. The van der Waals surface area contributed by atoms with Gasteiger partial charge in [-0.3, -0.25) is 19.7 Å². The lowest BCUT2D eigenvalue weighted by Gasteiger charge is -2.33. The lowest BCUT2D eigenvalue weighted by Crippen LogP contribution is -2.60. The van der Waals surface area contributed by atoms with Gasteiger partial charge < -0.3 is 9.64 Å². The zero-order valence-electron chi connectivity index (χ0n) is 12.1. The molecule has 1 saturated heterocycles. The molecule has 1 unspecified atom stereocenters. The van der Waals surface area contributed by atoms with Crippen molar-refractivity contribution in [1.82, 2.24) is 10.2 Å². The number of piperazine rings is 1. The molecule has 6 heteroatoms. The van der Waals surface area contributed by atoms with E-state index in [0.717, 1.165) is 5.56 Å². The zero-order valence-corrected chi connectivity index (χ0v) is 12.1. The van der Waals surface area contributed by atoms with Crippen molar-refractivity contribution >= 4 is 17.7 Å². The first-order valence-electron chi connectivity index (χ1n) is 6.84. The maximum absolute atomic E-state index is 12.2. The average Bonchev–Trinajstić information content (AvgIpc) is 2.45. The number of hydrogen-bond acceptors (Lipinski definition) is 4. The summed E-state index contributed by atoms with van der Waals surface area (Å²) in [6, 6.07) is 6.69. The van der Waals surface area contributed by atoms with Gasteiger partial charge in [0, 0.05) is 0 Å². The predicted octanol–water partition coefficient (Wildman–Crippen LogP) is 0.637. The van der Waals surface area contributed by atoms with Crippen molar-refractivity contribution in [3.8, 4) is 5.75 Å². The fraction of sp³-hybridized carbons (Fsp3) is 0.400. The van der Waals surface area contributed by atoms with E-state index >= 15 is 0 Å². The van der Waals surface area contributed by atoms with Crippen LogP contribution < -0.4 is 10.1 Å². The SMILES string of the molecule is CCC1C(=O)NC(=O)CN1C(=O)COc1ccc(C)cc1. The number of hydrogen-bond donors (Lipinski definition) is 1. The van der Waals surface area contributed by atoms with E-state index in [4.69, 9.17) is 4.74 Å². The molecule has 0 radical (unpaired) electrons. The van der Waals surface area contributed by atoms with Gasteiger partial charge in [-0.2, -0.15) is 0 Å². The first kappa shape index (κ1) is 15.0. The van der Waals surface area contributed by atoms with Gasteiger partial charge in [0.05, 0.1) is 0 Å². The highest BCUT2D eigenvalue weighted by Crippen LogP contribution is 2.13. The Morgan fingerprint density at radius 1 is 1.33 bits per heavy atom. The van der Waals surface area contributed by atoms with Crippen LogP contribution in [0.25, 0.3) is 0 Å². The molecule has 0 aliphatic carbocycles. The minimum atomic E-state index is -0.614. The lowest BCUT2D eigenvalue weighted by molar-refractivity contribution is -0.151. The predicted molar refractivity (Wildman–Crippen MR) is 75.6 cm³/mol. The second kappa shape index (κ2) is 6.39. The van der Waals surface area contributed by atoms with Crippen molar-refractivity contribution in [3.63, 3.8) is 0 Å². The van der Waals surface area contributed by atoms with Crippen molar-refractivity contribution in [3.05, 3.63) is 29.8 Å². The fourth-order valence-electron chi connectivity index (χ4n) is 2.20. The van der Waals surface area contributed by atoms with Crippen molar-refractivity contribution in [2.45, 2.75) is 26.3 Å². The summed E-state index contributed by atoms with van der Waals surface area (Å²) in [5.74, 6) is -0.689. The molecule has 0 aromatic heterocycles. The van der Waals surface area contributed by atoms with Gasteiger partial charge in [0.2, 0.25) is 11.8 Å². The van der Waals surface area contributed by atoms with Gasteiger partial charge in [0.1, 0.15) is 18.3 Å². The molecule has 1 N–H and O–H groups in total. The average molecular weight is 290 g/mol. The van der Waals surface area contributed by atoms with E-state index in [-0.39, 0.29) is 19.1 Å². The first-order valence-corrected chi connectivity index (χ1v) is 6.84. The van der Waals surface area contributed by atoms with E-state index in [1.807, 2.05) is 19.1 Å². The standard InChI is InChI=1S/C15H18N2O4/c1-3-12-15(20)16-13(18)8-17(12)14(19)9-21-11-6-4-10(2)5-7-11/h4-7,12H,3,8-9H2,1-2H3,(H,16,18,20). The van der Waals surface area contributed by atoms with Gasteiger partial charge in [-0.25, -0.2) is 0 Å². The molecule has 3 amide bonds. The molecule has 0 saturated carbocycles. The van der Waals surface area contributed by atoms with Crippen LogP contribution in [0.15, 0.2) is 24.3 Å². The minimum absolute atomic E-state index is 0.111. The van der Waals surface area contributed by atoms with Gasteiger partial charge in [-0.1, -0.05) is 24.6 Å². The van der Waals surface area contributed by atoms with Crippen LogP contribution in [-0.2, 0) is 14.4 Å². The Hall–Kier alpha value is -2.37. The van der Waals surface area contributed by atoms with Crippen molar-refractivity contribution in [2.24, 2.45) is 0 Å². The van der Waals surface area contributed by atoms with Gasteiger partial charge in [0.25, 0.3) is 5.91 Å². The largest absolute Gasteiger partial charge is 0.484 e. The molecule has 1 atom stereocenters. The molecule has 1 aliphatic heterocycles. The summed E-state index contributed by atoms with van der Waals surface area (Å²) in [5, 5.41) is 2.23. The third-order valence-corrected chi connectivity index (χ3v) is 3.35. The van der Waals surface area contributed by atoms with Crippen LogP contribution in [0.4, 0.5) is 0 Å². The highest BCUT2D eigenvalue weighted by Gasteiger charge is 2.35. The number of nitrogens with zero attached hydrogens (tertiary/aromatic N) is 1. The number of carbonyl (C=O) groups is 3. The third-order valence-electron chi connectivity index (χ3n) is 3.35. The number of aryl methyl sites for hydroxylation is 1. The normalized spacial score (nSPS) is 18.4. The van der Waals surface area contributed by atoms with Crippen molar-refractivity contribution < 1.29 is 19.1 Å². The van der Waals surface area contributed by atoms with E-state index in [0.29, 0.717) is 12.2 Å². The summed E-state index contributed by atoms with van der Waals surface area (Å²) in [5.41, 5.74) is 1.10. The van der Waals surface area contributed by atoms with Gasteiger partial charge in [-0.15, -0.1) is 0 Å². The summed E-state index contributed by atoms with van der Waals surface area (Å²) in [6.07, 6.45) is 0.454. The maximum atomic E-state index is 12.2. The molecule has 1 aromatic rings. The molecule has 0 bridgehead atoms. The number of ether oxygens (including phenoxy) is 1. The maximum Gasteiger partial charge on any atom is 0.261 e. The van der Waals surface area contributed by atoms with Gasteiger partial charge in [-0.05, 0) is 25.5 Å². The van der Waals surface area contributed by atoms with Gasteiger partial charge in [0.15, 0.2) is 6.61 Å². The van der Waals surface area contributed by atoms with Gasteiger partial charge >= 0.3 is 0 Å². The summed E-state index contributed by atoms with van der Waals surface area (Å²) in [6.45, 7) is 3.44. The first-order chi connectivity index (χ1) is 10.0. The smallest absolute Gasteiger partial charge is 0.261 e. The molecule has 1 heterocycles. The van der Waals surface area contributed by atoms with Crippen LogP contribution in [-0.4, -0.2) is 41.8 Å². The number of nitrogens with one attached hydrogen (secondary N) is 1. The summed E-state index contributed by atoms with van der Waals surface area (Å²) >= 11 is 0. The van der Waals surface area contributed by atoms with Crippen molar-refractivity contribution in [2.75, 3.05) is 13.2 Å². The zero-order chi connectivity index (χ0) is 15.4. The van der Waals surface area contributed by atoms with Crippen LogP contribution in [0.5, 0.6) is 5.75 Å². The van der Waals surface area contributed by atoms with E-state index in [1.165, 1.54) is 4.90 Å². The number of carbonyl (C=O) groups excluding carboxylic acids is 3. The van der Waals surface area contributed by atoms with Crippen LogP contribution in [0.3, 0.4) is 0 Å². The monoisotopic (exact) mass is 290 g/mol. The highest BCUT2D eigenvalue weighted by atomic mass is 16.5. The number of imide groups is 1. The third kappa shape index (κ3) is 3.59. The minimum Gasteiger partial charge on any atom is -0.484 e. The summed E-state index contributed by atoms with van der Waals surface area (Å²) < 4.78 is 5.41. The number of benzene rings is 1. The molecule has 21 heavy (non-hydrogen) atoms. The van der Waals surface area contributed by atoms with E-state index in [9.17, 15) is 14.4 Å². The second-order valence-electron chi connectivity index (χ2n) is 4.96. The van der Waals surface area contributed by atoms with E-state index < -0.39 is 17.9 Å². The highest BCUT2D eigenvalue weighted by molar-refractivity contribution is 6.04. The summed E-state index contributed by atoms with van der Waals surface area (Å²) in [4.78, 5) is 36.5. The molecule has 6 nitrogen and oxygen atoms in total. The molecule has 1 aromatic carbocycles. The number of rotatable bonds is 4. The fourth-order valence-corrected chi connectivity index (χ4v) is 2.20. The molecular weight excluding hydrogens is 272 g/mol. The molecular formula is C15H18N2O4. The summed E-state index contributed by atoms with van der Waals surface area (Å²) in [7, 11) is 0. The molecule has 2 rings (SSSR count). The molecule has 1 aliphatic rings. The molecule has 0 spiro atoms. The Labute approximate surface area is 123 Å². The van der Waals surface area contributed by atoms with E-state index in [2.05, 4.69) is 5.32 Å². The van der Waals surface area contributed by atoms with Crippen LogP contribution in [0, 0.1) is 6.92 Å². The quantitative estimate of drug-likeness (QED) is 0.826. The lowest BCUT2D eigenvalue weighted by atomic mass is 10.1. The molecule has 1 fully saturated rings. The molecule has 112 valence electrons. The Bertz CT molecular complexity index is 553. The Kier molecular flexibility index (Phi) is 4.57. The van der Waals surface area contributed by atoms with Crippen molar-refractivity contribution in [1.29, 1.82) is 0 Å². The van der Waals surface area contributed by atoms with Crippen LogP contribution in [0.2, 0.25) is 0 Å². The van der Waals surface area contributed by atoms with Crippen LogP contribution in [0.1, 0.15) is 18.9 Å². The Morgan fingerprint density at radius 2 is 2.00 bits per heavy atom.